The average molecular weight is 711 g/mol. The van der Waals surface area contributed by atoms with E-state index in [4.69, 9.17) is 28.4 Å². The van der Waals surface area contributed by atoms with E-state index in [0.717, 1.165) is 7.11 Å². The van der Waals surface area contributed by atoms with E-state index < -0.39 is 126 Å². The maximum Gasteiger partial charge on any atom is 0.348 e. The largest absolute Gasteiger partial charge is 0.467 e. The van der Waals surface area contributed by atoms with Crippen molar-refractivity contribution in [1.29, 1.82) is 0 Å². The van der Waals surface area contributed by atoms with Gasteiger partial charge in [0.25, 0.3) is 0 Å². The molecule has 16 atom stereocenters. The number of allylic oxidation sites excluding steroid dienone is 3. The lowest BCUT2D eigenvalue weighted by Crippen LogP contribution is -2.79. The number of hydrogen-bond acceptors (Lipinski definition) is 16. The molecular formula is C34H46O16. The van der Waals surface area contributed by atoms with E-state index in [0.29, 0.717) is 5.57 Å². The van der Waals surface area contributed by atoms with Crippen molar-refractivity contribution >= 4 is 23.7 Å². The second-order valence-corrected chi connectivity index (χ2v) is 15.1. The smallest absolute Gasteiger partial charge is 0.348 e. The first-order valence-electron chi connectivity index (χ1n) is 16.8. The minimum absolute atomic E-state index is 0.0294. The Kier molecular flexibility index (Phi) is 9.29. The van der Waals surface area contributed by atoms with Gasteiger partial charge in [-0.3, -0.25) is 4.79 Å². The summed E-state index contributed by atoms with van der Waals surface area (Å²) >= 11 is 0. The summed E-state index contributed by atoms with van der Waals surface area (Å²) < 4.78 is 34.4. The van der Waals surface area contributed by atoms with Crippen LogP contribution in [0.5, 0.6) is 0 Å². The molecule has 50 heavy (non-hydrogen) atoms. The molecule has 1 spiro atoms. The summed E-state index contributed by atoms with van der Waals surface area (Å²) in [6, 6.07) is 0. The molecule has 0 aromatic heterocycles. The van der Waals surface area contributed by atoms with Crippen molar-refractivity contribution in [1.82, 2.24) is 0 Å². The van der Waals surface area contributed by atoms with Crippen molar-refractivity contribution in [3.05, 3.63) is 23.5 Å². The summed E-state index contributed by atoms with van der Waals surface area (Å²) in [5.41, 5.74) is -4.45. The van der Waals surface area contributed by atoms with Crippen molar-refractivity contribution < 1.29 is 78.2 Å². The Morgan fingerprint density at radius 1 is 1.06 bits per heavy atom. The van der Waals surface area contributed by atoms with E-state index in [9.17, 15) is 49.8 Å². The summed E-state index contributed by atoms with van der Waals surface area (Å²) in [7, 11) is 1.06. The predicted molar refractivity (Wildman–Crippen MR) is 164 cm³/mol. The molecular weight excluding hydrogens is 664 g/mol. The summed E-state index contributed by atoms with van der Waals surface area (Å²) in [6.45, 7) is 7.69. The zero-order valence-corrected chi connectivity index (χ0v) is 28.6. The summed E-state index contributed by atoms with van der Waals surface area (Å²) in [6.07, 6.45) is -12.2. The molecule has 0 amide bonds. The van der Waals surface area contributed by atoms with Gasteiger partial charge < -0.3 is 59.1 Å². The molecule has 0 radical (unpaired) electrons. The van der Waals surface area contributed by atoms with E-state index in [2.05, 4.69) is 0 Å². The molecule has 6 aliphatic rings. The van der Waals surface area contributed by atoms with Crippen LogP contribution in [0.15, 0.2) is 23.5 Å². The number of fused-ring (bicyclic) bond motifs is 2. The normalized spacial score (nSPS) is 48.2. The Morgan fingerprint density at radius 3 is 2.36 bits per heavy atom. The van der Waals surface area contributed by atoms with E-state index >= 15 is 0 Å². The molecule has 0 aromatic carbocycles. The number of aliphatic hydroxyl groups excluding tert-OH is 6. The fraction of sp³-hybridized carbons (Fsp3) is 0.765. The standard InChI is InChI=1S/C34H46O16/c1-12(2)13(3)7-19(36)50-25-27-33-11-46-34(27,31(44)45-6)28(42)24(41)26(33)32(5)9-16(20(37)14(4)15(32)8-18(33)49-29(25)43)47-30-23(40)22(39)21(38)17(10-35)48-30/h7,9,12,14-15,17-18,21-28,30,35,38-42H,8,10-11H2,1-6H3/b13-7+/t14?,15?,17-,18-,21-,22+,23-,24-,25-,26?,27-,28?,30-,32+,33-,34+/m1/s1. The zero-order valence-electron chi connectivity index (χ0n) is 28.6. The lowest BCUT2D eigenvalue weighted by molar-refractivity contribution is -0.296. The van der Waals surface area contributed by atoms with Gasteiger partial charge in [-0.05, 0) is 36.7 Å². The van der Waals surface area contributed by atoms with Gasteiger partial charge in [-0.1, -0.05) is 33.3 Å². The third kappa shape index (κ3) is 4.94. The van der Waals surface area contributed by atoms with Crippen molar-refractivity contribution in [2.75, 3.05) is 20.3 Å². The maximum absolute atomic E-state index is 13.8. The fourth-order valence-electron chi connectivity index (χ4n) is 9.69. The first-order chi connectivity index (χ1) is 23.4. The Morgan fingerprint density at radius 2 is 1.74 bits per heavy atom. The van der Waals surface area contributed by atoms with Gasteiger partial charge in [-0.25, -0.2) is 14.4 Å². The van der Waals surface area contributed by atoms with Crippen LogP contribution in [0, 0.1) is 40.4 Å². The lowest BCUT2D eigenvalue weighted by atomic mass is 9.38. The van der Waals surface area contributed by atoms with Crippen molar-refractivity contribution in [3.63, 3.8) is 0 Å². The number of aliphatic hydroxyl groups is 6. The Hall–Kier alpha value is -2.96. The minimum Gasteiger partial charge on any atom is -0.467 e. The van der Waals surface area contributed by atoms with E-state index in [1.54, 1.807) is 20.8 Å². The lowest BCUT2D eigenvalue weighted by Gasteiger charge is -2.67. The molecule has 6 N–H and O–H groups in total. The van der Waals surface area contributed by atoms with Gasteiger partial charge in [0.05, 0.1) is 32.3 Å². The monoisotopic (exact) mass is 710 g/mol. The number of hydrogen-bond donors (Lipinski definition) is 6. The first-order valence-corrected chi connectivity index (χ1v) is 16.8. The van der Waals surface area contributed by atoms with Gasteiger partial charge in [-0.2, -0.15) is 0 Å². The van der Waals surface area contributed by atoms with E-state index in [-0.39, 0.29) is 24.7 Å². The highest BCUT2D eigenvalue weighted by molar-refractivity contribution is 5.97. The number of ether oxygens (including phenoxy) is 6. The summed E-state index contributed by atoms with van der Waals surface area (Å²) in [4.78, 5) is 54.5. The number of esters is 3. The van der Waals surface area contributed by atoms with Gasteiger partial charge in [0, 0.05) is 23.3 Å². The molecule has 3 aliphatic heterocycles. The Labute approximate surface area is 287 Å². The number of Topliss-reactive ketones (excluding diaryl/α,β-unsaturated/α-hetero) is 1. The highest BCUT2D eigenvalue weighted by atomic mass is 16.7. The molecule has 6 rings (SSSR count). The Balaban J connectivity index is 1.47. The fourth-order valence-corrected chi connectivity index (χ4v) is 9.69. The molecule has 2 bridgehead atoms. The molecule has 4 unspecified atom stereocenters. The number of methoxy groups -OCH3 is 1. The molecule has 2 saturated carbocycles. The summed E-state index contributed by atoms with van der Waals surface area (Å²) in [5.74, 6) is -7.88. The predicted octanol–water partition coefficient (Wildman–Crippen LogP) is -1.73. The zero-order chi connectivity index (χ0) is 36.8. The molecule has 16 nitrogen and oxygen atoms in total. The molecule has 16 heteroatoms. The second kappa shape index (κ2) is 12.6. The van der Waals surface area contributed by atoms with Gasteiger partial charge in [0.1, 0.15) is 36.6 Å². The number of ketones is 1. The van der Waals surface area contributed by atoms with Crippen LogP contribution in [-0.2, 0) is 47.6 Å². The van der Waals surface area contributed by atoms with Gasteiger partial charge in [-0.15, -0.1) is 0 Å². The number of rotatable bonds is 7. The third-order valence-corrected chi connectivity index (χ3v) is 12.4. The van der Waals surface area contributed by atoms with Crippen LogP contribution in [0.4, 0.5) is 0 Å². The first kappa shape index (κ1) is 36.8. The SMILES string of the molecule is COC(=O)[C@@]12OC[C@]34C([C@@H](O)C1O)[C@@]1(C)C=C(O[C@@H]5O[C@H](CO)[C@@H](O)[C@H](O)[C@H]5O)C(=O)C(C)C1C[C@H]3OC(=O)[C@H](OC(=O)/C=C(\C)C(C)C)[C@H]42. The van der Waals surface area contributed by atoms with Crippen LogP contribution in [0.1, 0.15) is 41.0 Å². The second-order valence-electron chi connectivity index (χ2n) is 15.1. The topological polar surface area (TPSA) is 245 Å². The van der Waals surface area contributed by atoms with Crippen LogP contribution < -0.4 is 0 Å². The van der Waals surface area contributed by atoms with Gasteiger partial charge >= 0.3 is 17.9 Å². The van der Waals surface area contributed by atoms with Crippen LogP contribution in [-0.4, -0.2) is 135 Å². The van der Waals surface area contributed by atoms with Crippen LogP contribution in [0.2, 0.25) is 0 Å². The molecule has 3 heterocycles. The van der Waals surface area contributed by atoms with Crippen LogP contribution in [0.25, 0.3) is 0 Å². The van der Waals surface area contributed by atoms with Gasteiger partial charge in [0.15, 0.2) is 11.5 Å². The average Bonchev–Trinajstić information content (AvgIpc) is 3.38. The molecule has 0 aromatic rings. The highest BCUT2D eigenvalue weighted by Gasteiger charge is 2.85. The summed E-state index contributed by atoms with van der Waals surface area (Å²) in [5, 5.41) is 64.8. The molecule has 278 valence electrons. The highest BCUT2D eigenvalue weighted by Crippen LogP contribution is 2.72. The van der Waals surface area contributed by atoms with E-state index in [1.807, 2.05) is 13.8 Å². The minimum atomic E-state index is -2.34. The third-order valence-electron chi connectivity index (χ3n) is 12.4. The maximum atomic E-state index is 13.8. The van der Waals surface area contributed by atoms with Crippen molar-refractivity contribution in [2.24, 2.45) is 40.4 Å². The van der Waals surface area contributed by atoms with Gasteiger partial charge in [0.2, 0.25) is 18.0 Å². The number of carbonyl (C=O) groups is 4. The van der Waals surface area contributed by atoms with Crippen molar-refractivity contribution in [3.8, 4) is 0 Å². The van der Waals surface area contributed by atoms with Crippen molar-refractivity contribution in [2.45, 2.75) is 102 Å². The molecule has 5 fully saturated rings. The quantitative estimate of drug-likeness (QED) is 0.0976. The number of carbonyl (C=O) groups excluding carboxylic acids is 4. The Bertz CT molecular complexity index is 1490. The van der Waals surface area contributed by atoms with E-state index in [1.165, 1.54) is 12.2 Å². The molecule has 3 aliphatic carbocycles. The van der Waals surface area contributed by atoms with Crippen LogP contribution in [0.3, 0.4) is 0 Å². The van der Waals surface area contributed by atoms with Crippen LogP contribution >= 0.6 is 0 Å². The molecule has 3 saturated heterocycles.